The Morgan fingerprint density at radius 1 is 1.17 bits per heavy atom. The van der Waals surface area contributed by atoms with Crippen LogP contribution in [0.2, 0.25) is 5.02 Å². The van der Waals surface area contributed by atoms with E-state index in [0.29, 0.717) is 29.8 Å². The van der Waals surface area contributed by atoms with Crippen LogP contribution in [0, 0.1) is 5.41 Å². The molecule has 0 bridgehead atoms. The number of sulfonamides is 1. The Balaban J connectivity index is 1.28. The summed E-state index contributed by atoms with van der Waals surface area (Å²) < 4.78 is 32.7. The van der Waals surface area contributed by atoms with Crippen LogP contribution in [0.3, 0.4) is 0 Å². The van der Waals surface area contributed by atoms with Crippen LogP contribution in [0.15, 0.2) is 58.2 Å². The first-order valence-electron chi connectivity index (χ1n) is 9.48. The minimum Gasteiger partial charge on any atom is -0.339 e. The van der Waals surface area contributed by atoms with Crippen molar-refractivity contribution in [2.75, 3.05) is 13.1 Å². The van der Waals surface area contributed by atoms with Gasteiger partial charge < -0.3 is 4.52 Å². The fourth-order valence-electron chi connectivity index (χ4n) is 4.19. The number of halogens is 1. The SMILES string of the molecule is O=S(=O)(c1cccnc1)N1CCC2(CC1)CC2c1nc(-c2cccc(Cl)c2)no1. The Kier molecular flexibility index (Phi) is 4.45. The number of nitrogens with zero attached hydrogens (tertiary/aromatic N) is 4. The molecule has 9 heteroatoms. The third kappa shape index (κ3) is 3.35. The lowest BCUT2D eigenvalue weighted by atomic mass is 9.92. The molecule has 0 N–H and O–H groups in total. The Morgan fingerprint density at radius 3 is 2.72 bits per heavy atom. The highest BCUT2D eigenvalue weighted by molar-refractivity contribution is 7.89. The molecule has 0 amide bonds. The lowest BCUT2D eigenvalue weighted by Crippen LogP contribution is -2.39. The third-order valence-corrected chi connectivity index (χ3v) is 8.12. The number of pyridine rings is 1. The lowest BCUT2D eigenvalue weighted by Gasteiger charge is -2.31. The maximum atomic E-state index is 12.8. The molecular weight excluding hydrogens is 412 g/mol. The molecule has 5 rings (SSSR count). The van der Waals surface area contributed by atoms with E-state index in [1.807, 2.05) is 12.1 Å². The summed E-state index contributed by atoms with van der Waals surface area (Å²) in [6, 6.07) is 10.6. The summed E-state index contributed by atoms with van der Waals surface area (Å²) in [7, 11) is -3.50. The van der Waals surface area contributed by atoms with Crippen LogP contribution in [0.1, 0.15) is 31.1 Å². The van der Waals surface area contributed by atoms with Gasteiger partial charge in [-0.05, 0) is 48.9 Å². The molecule has 7 nitrogen and oxygen atoms in total. The van der Waals surface area contributed by atoms with E-state index in [-0.39, 0.29) is 16.2 Å². The number of piperidine rings is 1. The molecule has 29 heavy (non-hydrogen) atoms. The van der Waals surface area contributed by atoms with Crippen LogP contribution in [0.4, 0.5) is 0 Å². The average molecular weight is 431 g/mol. The summed E-state index contributed by atoms with van der Waals surface area (Å²) in [5.41, 5.74) is 0.874. The van der Waals surface area contributed by atoms with Crippen LogP contribution in [-0.4, -0.2) is 40.9 Å². The molecule has 1 aliphatic heterocycles. The number of rotatable bonds is 4. The molecule has 1 spiro atoms. The minimum atomic E-state index is -3.50. The van der Waals surface area contributed by atoms with Crippen LogP contribution >= 0.6 is 11.6 Å². The predicted octanol–water partition coefficient (Wildman–Crippen LogP) is 3.74. The zero-order valence-electron chi connectivity index (χ0n) is 15.5. The summed E-state index contributed by atoms with van der Waals surface area (Å²) in [5, 5.41) is 4.73. The van der Waals surface area contributed by atoms with Gasteiger partial charge in [-0.3, -0.25) is 4.98 Å². The van der Waals surface area contributed by atoms with E-state index in [2.05, 4.69) is 15.1 Å². The molecular formula is C20H19ClN4O3S. The van der Waals surface area contributed by atoms with E-state index in [4.69, 9.17) is 16.1 Å². The van der Waals surface area contributed by atoms with Crippen LogP contribution < -0.4 is 0 Å². The van der Waals surface area contributed by atoms with E-state index >= 15 is 0 Å². The topological polar surface area (TPSA) is 89.2 Å². The molecule has 1 saturated carbocycles. The van der Waals surface area contributed by atoms with Gasteiger partial charge in [0.15, 0.2) is 0 Å². The summed E-state index contributed by atoms with van der Waals surface area (Å²) in [6.07, 6.45) is 5.49. The van der Waals surface area contributed by atoms with Crippen molar-refractivity contribution >= 4 is 21.6 Å². The average Bonchev–Trinajstić information content (AvgIpc) is 3.20. The maximum Gasteiger partial charge on any atom is 0.244 e. The van der Waals surface area contributed by atoms with Crippen molar-refractivity contribution in [3.63, 3.8) is 0 Å². The van der Waals surface area contributed by atoms with E-state index < -0.39 is 10.0 Å². The first-order chi connectivity index (χ1) is 14.0. The summed E-state index contributed by atoms with van der Waals surface area (Å²) in [6.45, 7) is 0.978. The molecule has 2 aromatic heterocycles. The van der Waals surface area contributed by atoms with Gasteiger partial charge in [0.25, 0.3) is 0 Å². The van der Waals surface area contributed by atoms with E-state index in [9.17, 15) is 8.42 Å². The monoisotopic (exact) mass is 430 g/mol. The predicted molar refractivity (Wildman–Crippen MR) is 107 cm³/mol. The van der Waals surface area contributed by atoms with Crippen molar-refractivity contribution in [3.05, 3.63) is 59.7 Å². The molecule has 2 fully saturated rings. The lowest BCUT2D eigenvalue weighted by molar-refractivity contribution is 0.242. The molecule has 3 heterocycles. The van der Waals surface area contributed by atoms with Gasteiger partial charge in [-0.1, -0.05) is 28.9 Å². The minimum absolute atomic E-state index is 0.0547. The van der Waals surface area contributed by atoms with Gasteiger partial charge in [0.2, 0.25) is 21.7 Å². The molecule has 1 saturated heterocycles. The van der Waals surface area contributed by atoms with Gasteiger partial charge in [-0.2, -0.15) is 9.29 Å². The molecule has 1 unspecified atom stereocenters. The first kappa shape index (κ1) is 18.7. The molecule has 1 aromatic carbocycles. The van der Waals surface area contributed by atoms with Crippen molar-refractivity contribution in [1.29, 1.82) is 0 Å². The van der Waals surface area contributed by atoms with Crippen LogP contribution in [0.5, 0.6) is 0 Å². The fraction of sp³-hybridized carbons (Fsp3) is 0.350. The smallest absolute Gasteiger partial charge is 0.244 e. The number of aromatic nitrogens is 3. The second-order valence-electron chi connectivity index (χ2n) is 7.68. The van der Waals surface area contributed by atoms with Gasteiger partial charge in [0.05, 0.1) is 0 Å². The Bertz CT molecular complexity index is 1140. The second kappa shape index (κ2) is 6.90. The van der Waals surface area contributed by atoms with Crippen molar-refractivity contribution in [2.24, 2.45) is 5.41 Å². The highest BCUT2D eigenvalue weighted by Crippen LogP contribution is 2.64. The van der Waals surface area contributed by atoms with Gasteiger partial charge >= 0.3 is 0 Å². The zero-order chi connectivity index (χ0) is 20.1. The molecule has 1 atom stereocenters. The highest BCUT2D eigenvalue weighted by Gasteiger charge is 2.59. The van der Waals surface area contributed by atoms with Gasteiger partial charge in [0.1, 0.15) is 4.90 Å². The largest absolute Gasteiger partial charge is 0.339 e. The zero-order valence-corrected chi connectivity index (χ0v) is 17.1. The van der Waals surface area contributed by atoms with E-state index in [1.54, 1.807) is 34.8 Å². The summed E-state index contributed by atoms with van der Waals surface area (Å²) >= 11 is 6.04. The van der Waals surface area contributed by atoms with Gasteiger partial charge in [-0.25, -0.2) is 8.42 Å². The van der Waals surface area contributed by atoms with Crippen LogP contribution in [0.25, 0.3) is 11.4 Å². The van der Waals surface area contributed by atoms with Gasteiger partial charge in [-0.15, -0.1) is 0 Å². The van der Waals surface area contributed by atoms with Gasteiger partial charge in [0, 0.05) is 42.0 Å². The summed E-state index contributed by atoms with van der Waals surface area (Å²) in [4.78, 5) is 8.74. The molecule has 3 aromatic rings. The number of hydrogen-bond acceptors (Lipinski definition) is 6. The van der Waals surface area contributed by atoms with E-state index in [0.717, 1.165) is 24.8 Å². The Labute approximate surface area is 173 Å². The Hall–Kier alpha value is -2.29. The molecule has 2 aliphatic rings. The molecule has 150 valence electrons. The van der Waals surface area contributed by atoms with E-state index in [1.165, 1.54) is 6.20 Å². The number of benzene rings is 1. The summed E-state index contributed by atoms with van der Waals surface area (Å²) in [5.74, 6) is 1.34. The van der Waals surface area contributed by atoms with Crippen molar-refractivity contribution in [3.8, 4) is 11.4 Å². The fourth-order valence-corrected chi connectivity index (χ4v) is 5.79. The second-order valence-corrected chi connectivity index (χ2v) is 10.1. The maximum absolute atomic E-state index is 12.8. The number of hydrogen-bond donors (Lipinski definition) is 0. The Morgan fingerprint density at radius 2 is 2.00 bits per heavy atom. The van der Waals surface area contributed by atoms with Crippen molar-refractivity contribution < 1.29 is 12.9 Å². The standard InChI is InChI=1S/C20H19ClN4O3S/c21-15-4-1-3-14(11-15)18-23-19(28-24-18)17-12-20(17)6-9-25(10-7-20)29(26,27)16-5-2-8-22-13-16/h1-5,8,11,13,17H,6-7,9-10,12H2. The normalized spacial score (nSPS) is 21.3. The highest BCUT2D eigenvalue weighted by atomic mass is 35.5. The van der Waals surface area contributed by atoms with Crippen molar-refractivity contribution in [2.45, 2.75) is 30.1 Å². The molecule has 1 aliphatic carbocycles. The first-order valence-corrected chi connectivity index (χ1v) is 11.3. The molecule has 0 radical (unpaired) electrons. The quantitative estimate of drug-likeness (QED) is 0.626. The van der Waals surface area contributed by atoms with Crippen LogP contribution in [-0.2, 0) is 10.0 Å². The third-order valence-electron chi connectivity index (χ3n) is 6.00. The van der Waals surface area contributed by atoms with Crippen molar-refractivity contribution in [1.82, 2.24) is 19.4 Å².